The first-order valence-electron chi connectivity index (χ1n) is 6.24. The Hall–Kier alpha value is -0.160. The third kappa shape index (κ3) is 6.43. The topological polar surface area (TPSA) is 36.9 Å². The van der Waals surface area contributed by atoms with Crippen LogP contribution in [-0.2, 0) is 18.9 Å². The summed E-state index contributed by atoms with van der Waals surface area (Å²) in [6.45, 7) is 10.5. The molecule has 0 aromatic carbocycles. The largest absolute Gasteiger partial charge is 0.373 e. The molecule has 0 unspecified atom stereocenters. The van der Waals surface area contributed by atoms with Gasteiger partial charge in [-0.3, -0.25) is 0 Å². The van der Waals surface area contributed by atoms with E-state index in [2.05, 4.69) is 6.92 Å². The molecule has 0 aliphatic rings. The van der Waals surface area contributed by atoms with E-state index in [4.69, 9.17) is 18.9 Å². The fraction of sp³-hybridized carbons (Fsp3) is 1.00. The van der Waals surface area contributed by atoms with Gasteiger partial charge in [-0.05, 0) is 27.2 Å². The van der Waals surface area contributed by atoms with E-state index in [0.29, 0.717) is 33.0 Å². The van der Waals surface area contributed by atoms with Crippen LogP contribution in [-0.4, -0.2) is 39.0 Å². The zero-order valence-corrected chi connectivity index (χ0v) is 11.1. The standard InChI is InChI=1S/C12H26O4/c1-5-9-10-13-11-12(14-6-2,15-7-3)16-8-4/h5-11H2,1-4H3. The zero-order chi connectivity index (χ0) is 12.3. The van der Waals surface area contributed by atoms with E-state index in [0.717, 1.165) is 12.8 Å². The zero-order valence-electron chi connectivity index (χ0n) is 11.1. The average molecular weight is 234 g/mol. The Kier molecular flexibility index (Phi) is 9.92. The number of hydrogen-bond acceptors (Lipinski definition) is 4. The quantitative estimate of drug-likeness (QED) is 0.407. The van der Waals surface area contributed by atoms with Gasteiger partial charge in [0.2, 0.25) is 0 Å². The van der Waals surface area contributed by atoms with E-state index in [-0.39, 0.29) is 0 Å². The molecule has 0 saturated carbocycles. The lowest BCUT2D eigenvalue weighted by Crippen LogP contribution is -2.44. The van der Waals surface area contributed by atoms with E-state index < -0.39 is 5.97 Å². The fourth-order valence-electron chi connectivity index (χ4n) is 1.35. The molecule has 0 saturated heterocycles. The van der Waals surface area contributed by atoms with E-state index in [1.807, 2.05) is 20.8 Å². The predicted octanol–water partition coefficient (Wildman–Crippen LogP) is 2.57. The maximum atomic E-state index is 5.52. The highest BCUT2D eigenvalue weighted by atomic mass is 16.9. The Morgan fingerprint density at radius 3 is 1.69 bits per heavy atom. The lowest BCUT2D eigenvalue weighted by atomic mass is 10.4. The van der Waals surface area contributed by atoms with Crippen molar-refractivity contribution >= 4 is 0 Å². The fourth-order valence-corrected chi connectivity index (χ4v) is 1.35. The van der Waals surface area contributed by atoms with Crippen LogP contribution in [0.5, 0.6) is 0 Å². The van der Waals surface area contributed by atoms with Crippen LogP contribution in [0.25, 0.3) is 0 Å². The van der Waals surface area contributed by atoms with Crippen LogP contribution in [0.2, 0.25) is 0 Å². The van der Waals surface area contributed by atoms with Gasteiger partial charge in [-0.2, -0.15) is 0 Å². The Balaban J connectivity index is 4.12. The number of hydrogen-bond donors (Lipinski definition) is 0. The summed E-state index contributed by atoms with van der Waals surface area (Å²) in [5.41, 5.74) is 0. The van der Waals surface area contributed by atoms with Gasteiger partial charge in [0.15, 0.2) is 0 Å². The van der Waals surface area contributed by atoms with Crippen LogP contribution >= 0.6 is 0 Å². The van der Waals surface area contributed by atoms with Crippen molar-refractivity contribution < 1.29 is 18.9 Å². The third-order valence-electron chi connectivity index (χ3n) is 2.01. The molecule has 0 bridgehead atoms. The molecule has 0 heterocycles. The smallest absolute Gasteiger partial charge is 0.307 e. The van der Waals surface area contributed by atoms with Crippen LogP contribution in [0.1, 0.15) is 40.5 Å². The SMILES string of the molecule is CCCCOCC(OCC)(OCC)OCC. The highest BCUT2D eigenvalue weighted by Crippen LogP contribution is 2.16. The average Bonchev–Trinajstić information content (AvgIpc) is 2.26. The summed E-state index contributed by atoms with van der Waals surface area (Å²) in [6.07, 6.45) is 2.16. The van der Waals surface area contributed by atoms with Crippen molar-refractivity contribution in [1.29, 1.82) is 0 Å². The Labute approximate surface area is 99.2 Å². The molecule has 0 atom stereocenters. The summed E-state index contributed by atoms with van der Waals surface area (Å²) in [6, 6.07) is 0. The second-order valence-electron chi connectivity index (χ2n) is 3.39. The number of unbranched alkanes of at least 4 members (excludes halogenated alkanes) is 1. The number of rotatable bonds is 11. The normalized spacial score (nSPS) is 12.0. The molecule has 0 amide bonds. The van der Waals surface area contributed by atoms with Crippen LogP contribution in [0, 0.1) is 0 Å². The van der Waals surface area contributed by atoms with Crippen molar-refractivity contribution in [2.24, 2.45) is 0 Å². The molecule has 0 N–H and O–H groups in total. The maximum Gasteiger partial charge on any atom is 0.307 e. The van der Waals surface area contributed by atoms with Crippen molar-refractivity contribution in [3.05, 3.63) is 0 Å². The lowest BCUT2D eigenvalue weighted by molar-refractivity contribution is -0.391. The second kappa shape index (κ2) is 10.0. The molecule has 0 rings (SSSR count). The van der Waals surface area contributed by atoms with E-state index >= 15 is 0 Å². The van der Waals surface area contributed by atoms with Crippen LogP contribution in [0.15, 0.2) is 0 Å². The van der Waals surface area contributed by atoms with Gasteiger partial charge in [0.05, 0.1) is 0 Å². The summed E-state index contributed by atoms with van der Waals surface area (Å²) in [5.74, 6) is -1.02. The van der Waals surface area contributed by atoms with Gasteiger partial charge in [0.1, 0.15) is 6.61 Å². The highest BCUT2D eigenvalue weighted by Gasteiger charge is 2.32. The molecular formula is C12H26O4. The molecule has 0 aliphatic heterocycles. The molecule has 4 nitrogen and oxygen atoms in total. The first-order chi connectivity index (χ1) is 7.74. The minimum absolute atomic E-state index is 0.322. The summed E-state index contributed by atoms with van der Waals surface area (Å²) >= 11 is 0. The van der Waals surface area contributed by atoms with Crippen molar-refractivity contribution in [2.45, 2.75) is 46.5 Å². The molecule has 0 aromatic rings. The molecule has 0 radical (unpaired) electrons. The van der Waals surface area contributed by atoms with Gasteiger partial charge in [-0.1, -0.05) is 13.3 Å². The van der Waals surface area contributed by atoms with Crippen LogP contribution in [0.4, 0.5) is 0 Å². The Morgan fingerprint density at radius 2 is 1.31 bits per heavy atom. The molecule has 0 fully saturated rings. The van der Waals surface area contributed by atoms with Gasteiger partial charge >= 0.3 is 5.97 Å². The molecule has 98 valence electrons. The second-order valence-corrected chi connectivity index (χ2v) is 3.39. The monoisotopic (exact) mass is 234 g/mol. The van der Waals surface area contributed by atoms with E-state index in [1.165, 1.54) is 0 Å². The summed E-state index contributed by atoms with van der Waals surface area (Å²) in [7, 11) is 0. The van der Waals surface area contributed by atoms with Crippen molar-refractivity contribution in [1.82, 2.24) is 0 Å². The Morgan fingerprint density at radius 1 is 0.812 bits per heavy atom. The van der Waals surface area contributed by atoms with Gasteiger partial charge in [-0.15, -0.1) is 0 Å². The summed E-state index contributed by atoms with van der Waals surface area (Å²) in [4.78, 5) is 0. The lowest BCUT2D eigenvalue weighted by Gasteiger charge is -2.31. The molecule has 0 aromatic heterocycles. The molecule has 4 heteroatoms. The van der Waals surface area contributed by atoms with E-state index in [9.17, 15) is 0 Å². The molecule has 0 spiro atoms. The van der Waals surface area contributed by atoms with Gasteiger partial charge < -0.3 is 18.9 Å². The van der Waals surface area contributed by atoms with Gasteiger partial charge in [-0.25, -0.2) is 0 Å². The third-order valence-corrected chi connectivity index (χ3v) is 2.01. The molecule has 0 aliphatic carbocycles. The van der Waals surface area contributed by atoms with Crippen LogP contribution in [0.3, 0.4) is 0 Å². The first-order valence-corrected chi connectivity index (χ1v) is 6.24. The Bertz CT molecular complexity index is 133. The maximum absolute atomic E-state index is 5.52. The first kappa shape index (κ1) is 15.8. The van der Waals surface area contributed by atoms with Gasteiger partial charge in [0.25, 0.3) is 0 Å². The molecule has 16 heavy (non-hydrogen) atoms. The highest BCUT2D eigenvalue weighted by molar-refractivity contribution is 4.56. The minimum atomic E-state index is -1.02. The predicted molar refractivity (Wildman–Crippen MR) is 63.3 cm³/mol. The summed E-state index contributed by atoms with van der Waals surface area (Å²) in [5, 5.41) is 0. The summed E-state index contributed by atoms with van der Waals surface area (Å²) < 4.78 is 22.1. The number of ether oxygens (including phenoxy) is 4. The van der Waals surface area contributed by atoms with Crippen molar-refractivity contribution in [3.63, 3.8) is 0 Å². The van der Waals surface area contributed by atoms with E-state index in [1.54, 1.807) is 0 Å². The van der Waals surface area contributed by atoms with Crippen molar-refractivity contribution in [2.75, 3.05) is 33.0 Å². The van der Waals surface area contributed by atoms with Gasteiger partial charge in [0, 0.05) is 26.4 Å². The minimum Gasteiger partial charge on any atom is -0.373 e. The van der Waals surface area contributed by atoms with Crippen LogP contribution < -0.4 is 0 Å². The molecular weight excluding hydrogens is 208 g/mol. The van der Waals surface area contributed by atoms with Crippen molar-refractivity contribution in [3.8, 4) is 0 Å².